The molecule has 10 nitrogen and oxygen atoms in total. The van der Waals surface area contributed by atoms with Crippen LogP contribution in [0.15, 0.2) is 23.4 Å². The minimum absolute atomic E-state index is 0.00518. The van der Waals surface area contributed by atoms with Crippen LogP contribution in [0.5, 0.6) is 0 Å². The molecule has 0 radical (unpaired) electrons. The van der Waals surface area contributed by atoms with Gasteiger partial charge in [0.15, 0.2) is 39.6 Å². The van der Waals surface area contributed by atoms with E-state index in [-0.39, 0.29) is 49.5 Å². The number of aliphatic hydroxyl groups excluding tert-OH is 1. The van der Waals surface area contributed by atoms with Gasteiger partial charge < -0.3 is 24.6 Å². The molecule has 6 rings (SSSR count). The van der Waals surface area contributed by atoms with Gasteiger partial charge in [-0.25, -0.2) is 23.4 Å². The molecule has 1 aromatic carbocycles. The summed E-state index contributed by atoms with van der Waals surface area (Å²) in [5.74, 6) is -1.08. The molecular formula is C26H32F2N6O4S. The van der Waals surface area contributed by atoms with E-state index in [9.17, 15) is 13.9 Å². The first kappa shape index (κ1) is 26.8. The molecule has 2 aromatic heterocycles. The Labute approximate surface area is 228 Å². The third kappa shape index (κ3) is 5.22. The van der Waals surface area contributed by atoms with E-state index in [1.54, 1.807) is 22.5 Å². The molecule has 210 valence electrons. The lowest BCUT2D eigenvalue weighted by Crippen LogP contribution is -2.35. The number of ether oxygens (including phenoxy) is 3. The lowest BCUT2D eigenvalue weighted by Gasteiger charge is -2.24. The Balaban J connectivity index is 1.30. The minimum Gasteiger partial charge on any atom is -0.394 e. The van der Waals surface area contributed by atoms with Crippen molar-refractivity contribution in [3.8, 4) is 0 Å². The highest BCUT2D eigenvalue weighted by Crippen LogP contribution is 2.52. The summed E-state index contributed by atoms with van der Waals surface area (Å²) in [5.41, 5.74) is 1.84. The van der Waals surface area contributed by atoms with E-state index in [2.05, 4.69) is 22.6 Å². The van der Waals surface area contributed by atoms with Crippen LogP contribution in [-0.2, 0) is 14.2 Å². The maximum atomic E-state index is 13.9. The fourth-order valence-corrected chi connectivity index (χ4v) is 6.26. The first-order valence-corrected chi connectivity index (χ1v) is 14.3. The Morgan fingerprint density at radius 3 is 2.77 bits per heavy atom. The zero-order valence-electron chi connectivity index (χ0n) is 22.0. The molecule has 3 fully saturated rings. The van der Waals surface area contributed by atoms with Gasteiger partial charge in [0.1, 0.15) is 12.2 Å². The summed E-state index contributed by atoms with van der Waals surface area (Å²) in [4.78, 5) is 9.57. The number of aromatic nitrogens is 5. The molecule has 3 aliphatic rings. The number of thioether (sulfide) groups is 1. The smallest absolute Gasteiger partial charge is 0.191 e. The number of fused-ring (bicyclic) bond motifs is 2. The summed E-state index contributed by atoms with van der Waals surface area (Å²) >= 11 is 1.55. The largest absolute Gasteiger partial charge is 0.394 e. The van der Waals surface area contributed by atoms with Crippen molar-refractivity contribution in [1.29, 1.82) is 0 Å². The Bertz CT molecular complexity index is 1360. The number of rotatable bonds is 10. The number of nitrogens with one attached hydrogen (secondary N) is 1. The molecule has 13 heteroatoms. The molecule has 0 bridgehead atoms. The van der Waals surface area contributed by atoms with Crippen molar-refractivity contribution in [3.63, 3.8) is 0 Å². The Hall–Kier alpha value is -2.45. The van der Waals surface area contributed by atoms with Crippen molar-refractivity contribution in [2.75, 3.05) is 24.3 Å². The van der Waals surface area contributed by atoms with Gasteiger partial charge in [0, 0.05) is 11.7 Å². The highest BCUT2D eigenvalue weighted by molar-refractivity contribution is 7.99. The Morgan fingerprint density at radius 1 is 1.18 bits per heavy atom. The van der Waals surface area contributed by atoms with Crippen LogP contribution in [0.1, 0.15) is 57.6 Å². The molecule has 2 aliphatic carbocycles. The third-order valence-electron chi connectivity index (χ3n) is 7.34. The second kappa shape index (κ2) is 10.5. The number of anilines is 1. The van der Waals surface area contributed by atoms with Gasteiger partial charge in [-0.15, -0.1) is 5.10 Å². The number of aliphatic hydroxyl groups is 1. The molecule has 2 N–H and O–H groups in total. The highest BCUT2D eigenvalue weighted by atomic mass is 32.2. The summed E-state index contributed by atoms with van der Waals surface area (Å²) in [6.07, 6.45) is 1.48. The van der Waals surface area contributed by atoms with E-state index in [0.717, 1.165) is 30.2 Å². The molecule has 6 atom stereocenters. The van der Waals surface area contributed by atoms with Gasteiger partial charge in [-0.1, -0.05) is 30.0 Å². The van der Waals surface area contributed by atoms with Crippen molar-refractivity contribution in [3.05, 3.63) is 35.4 Å². The predicted molar refractivity (Wildman–Crippen MR) is 140 cm³/mol. The van der Waals surface area contributed by atoms with Crippen molar-refractivity contribution in [1.82, 2.24) is 25.0 Å². The topological polar surface area (TPSA) is 116 Å². The molecule has 3 heterocycles. The monoisotopic (exact) mass is 562 g/mol. The zero-order chi connectivity index (χ0) is 27.3. The van der Waals surface area contributed by atoms with Crippen molar-refractivity contribution < 1.29 is 28.1 Å². The van der Waals surface area contributed by atoms with E-state index >= 15 is 0 Å². The zero-order valence-corrected chi connectivity index (χ0v) is 22.8. The molecule has 0 amide bonds. The Morgan fingerprint density at radius 2 is 2.00 bits per heavy atom. The molecule has 0 unspecified atom stereocenters. The van der Waals surface area contributed by atoms with Crippen molar-refractivity contribution in [2.45, 2.75) is 87.3 Å². The van der Waals surface area contributed by atoms with Gasteiger partial charge in [0.2, 0.25) is 0 Å². The number of nitrogens with zero attached hydrogens (tertiary/aromatic N) is 5. The minimum atomic E-state index is -0.860. The lowest BCUT2D eigenvalue weighted by atomic mass is 10.1. The van der Waals surface area contributed by atoms with Crippen molar-refractivity contribution in [2.24, 2.45) is 0 Å². The van der Waals surface area contributed by atoms with E-state index in [4.69, 9.17) is 24.2 Å². The lowest BCUT2D eigenvalue weighted by molar-refractivity contribution is -0.167. The van der Waals surface area contributed by atoms with Crippen LogP contribution in [0, 0.1) is 11.6 Å². The third-order valence-corrected chi connectivity index (χ3v) is 8.39. The van der Waals surface area contributed by atoms with Crippen LogP contribution in [0.4, 0.5) is 14.6 Å². The van der Waals surface area contributed by atoms with Gasteiger partial charge >= 0.3 is 0 Å². The molecule has 1 saturated heterocycles. The van der Waals surface area contributed by atoms with E-state index < -0.39 is 17.4 Å². The first-order chi connectivity index (χ1) is 18.8. The normalized spacial score (nSPS) is 29.2. The van der Waals surface area contributed by atoms with Crippen molar-refractivity contribution >= 4 is 28.7 Å². The first-order valence-electron chi connectivity index (χ1n) is 13.3. The molecular weight excluding hydrogens is 530 g/mol. The quantitative estimate of drug-likeness (QED) is 0.279. The summed E-state index contributed by atoms with van der Waals surface area (Å²) in [6, 6.07) is 3.78. The molecule has 3 aromatic rings. The number of hydrogen-bond acceptors (Lipinski definition) is 10. The molecule has 0 spiro atoms. The summed E-state index contributed by atoms with van der Waals surface area (Å²) in [5, 5.41) is 22.3. The van der Waals surface area contributed by atoms with Crippen LogP contribution >= 0.6 is 11.8 Å². The van der Waals surface area contributed by atoms with Crippen LogP contribution < -0.4 is 5.32 Å². The van der Waals surface area contributed by atoms with Gasteiger partial charge in [-0.3, -0.25) is 0 Å². The van der Waals surface area contributed by atoms with Gasteiger partial charge in [0.05, 0.1) is 31.4 Å². The van der Waals surface area contributed by atoms with Crippen LogP contribution in [-0.4, -0.2) is 79.2 Å². The second-order valence-corrected chi connectivity index (χ2v) is 11.7. The van der Waals surface area contributed by atoms with Gasteiger partial charge in [0.25, 0.3) is 0 Å². The van der Waals surface area contributed by atoms with Gasteiger partial charge in [-0.2, -0.15) is 0 Å². The number of hydrogen-bond donors (Lipinski definition) is 2. The number of halogens is 2. The fourth-order valence-electron chi connectivity index (χ4n) is 5.56. The van der Waals surface area contributed by atoms with E-state index in [0.29, 0.717) is 28.6 Å². The van der Waals surface area contributed by atoms with E-state index in [1.807, 2.05) is 13.8 Å². The summed E-state index contributed by atoms with van der Waals surface area (Å²) in [7, 11) is 0. The maximum Gasteiger partial charge on any atom is 0.191 e. The summed E-state index contributed by atoms with van der Waals surface area (Å²) in [6.45, 7) is 5.99. The average Bonchev–Trinajstić information content (AvgIpc) is 3.33. The fraction of sp³-hybridized carbons (Fsp3) is 0.615. The van der Waals surface area contributed by atoms with Crippen LogP contribution in [0.3, 0.4) is 0 Å². The second-order valence-electron chi connectivity index (χ2n) is 10.7. The van der Waals surface area contributed by atoms with Crippen LogP contribution in [0.2, 0.25) is 0 Å². The van der Waals surface area contributed by atoms with Gasteiger partial charge in [-0.05, 0) is 50.8 Å². The SMILES string of the molecule is CCCSc1nc(N[C@@H]2C[C@H](OCCO)[C@H]3OC(C)(C)O[C@H]32)c2nnn([C@@H]3C[C@H]3c3ccc(F)c(F)c3)c2n1. The standard InChI is InChI=1S/C26H32F2N6O4S/c1-4-9-39-25-30-23(29-17-12-19(36-8-7-35)22-21(17)37-26(2,3)38-22)20-24(31-25)34(33-32-20)18-11-14(18)13-5-6-15(27)16(28)10-13/h5-6,10,14,17-19,21-22,35H,4,7-9,11-12H2,1-3H3,(H,29,30,31)/t14-,17+,18+,19-,21-,22+/m0/s1. The molecule has 1 aliphatic heterocycles. The van der Waals surface area contributed by atoms with E-state index in [1.165, 1.54) is 6.07 Å². The number of benzene rings is 1. The Kier molecular flexibility index (Phi) is 7.21. The maximum absolute atomic E-state index is 13.9. The predicted octanol–water partition coefficient (Wildman–Crippen LogP) is 3.81. The summed E-state index contributed by atoms with van der Waals surface area (Å²) < 4.78 is 47.4. The average molecular weight is 563 g/mol. The molecule has 39 heavy (non-hydrogen) atoms. The van der Waals surface area contributed by atoms with Crippen LogP contribution in [0.25, 0.3) is 11.2 Å². The highest BCUT2D eigenvalue weighted by Gasteiger charge is 2.55. The molecule has 2 saturated carbocycles.